The van der Waals surface area contributed by atoms with Gasteiger partial charge in [-0.05, 0) is 47.0 Å². The third-order valence-corrected chi connectivity index (χ3v) is 2.89. The first-order valence-corrected chi connectivity index (χ1v) is 5.86. The van der Waals surface area contributed by atoms with Crippen LogP contribution in [0.5, 0.6) is 0 Å². The SMILES string of the molecule is CC(C)(C)OC(=O)N1CC[C@@H](C(C)(C)N)C1. The molecule has 0 radical (unpaired) electrons. The lowest BCUT2D eigenvalue weighted by atomic mass is 9.88. The van der Waals surface area contributed by atoms with Crippen molar-refractivity contribution in [2.75, 3.05) is 13.1 Å². The van der Waals surface area contributed by atoms with Crippen LogP contribution in [-0.2, 0) is 4.74 Å². The van der Waals surface area contributed by atoms with Gasteiger partial charge in [-0.25, -0.2) is 4.79 Å². The van der Waals surface area contributed by atoms with Crippen molar-refractivity contribution >= 4 is 6.09 Å². The molecule has 4 heteroatoms. The largest absolute Gasteiger partial charge is 0.444 e. The summed E-state index contributed by atoms with van der Waals surface area (Å²) in [5.74, 6) is 0.361. The van der Waals surface area contributed by atoms with Gasteiger partial charge in [0, 0.05) is 18.6 Å². The number of ether oxygens (including phenoxy) is 1. The molecule has 1 saturated heterocycles. The summed E-state index contributed by atoms with van der Waals surface area (Å²) in [4.78, 5) is 13.6. The van der Waals surface area contributed by atoms with Crippen LogP contribution in [-0.4, -0.2) is 35.2 Å². The molecule has 0 unspecified atom stereocenters. The number of carbonyl (C=O) groups excluding carboxylic acids is 1. The monoisotopic (exact) mass is 228 g/mol. The van der Waals surface area contributed by atoms with Crippen molar-refractivity contribution in [3.05, 3.63) is 0 Å². The number of hydrogen-bond donors (Lipinski definition) is 1. The van der Waals surface area contributed by atoms with E-state index in [9.17, 15) is 4.79 Å². The minimum Gasteiger partial charge on any atom is -0.444 e. The van der Waals surface area contributed by atoms with Crippen molar-refractivity contribution in [3.63, 3.8) is 0 Å². The molecule has 1 aliphatic rings. The van der Waals surface area contributed by atoms with Crippen LogP contribution in [0.2, 0.25) is 0 Å². The lowest BCUT2D eigenvalue weighted by Gasteiger charge is -2.28. The zero-order chi connectivity index (χ0) is 12.6. The van der Waals surface area contributed by atoms with E-state index in [1.165, 1.54) is 0 Å². The third kappa shape index (κ3) is 3.67. The first-order valence-electron chi connectivity index (χ1n) is 5.86. The molecule has 1 atom stereocenters. The fourth-order valence-corrected chi connectivity index (χ4v) is 1.86. The Kier molecular flexibility index (Phi) is 3.53. The van der Waals surface area contributed by atoms with Crippen LogP contribution in [0, 0.1) is 5.92 Å². The van der Waals surface area contributed by atoms with Crippen LogP contribution in [0.25, 0.3) is 0 Å². The number of nitrogens with two attached hydrogens (primary N) is 1. The Bertz CT molecular complexity index is 263. The molecule has 0 bridgehead atoms. The fourth-order valence-electron chi connectivity index (χ4n) is 1.86. The second-order valence-corrected chi connectivity index (χ2v) is 6.23. The molecule has 94 valence electrons. The van der Waals surface area contributed by atoms with Gasteiger partial charge in [0.05, 0.1) is 0 Å². The van der Waals surface area contributed by atoms with Crippen molar-refractivity contribution in [1.82, 2.24) is 4.90 Å². The Labute approximate surface area is 98.1 Å². The summed E-state index contributed by atoms with van der Waals surface area (Å²) in [6, 6.07) is 0. The van der Waals surface area contributed by atoms with Gasteiger partial charge in [0.1, 0.15) is 5.60 Å². The third-order valence-electron chi connectivity index (χ3n) is 2.89. The Balaban J connectivity index is 2.51. The van der Waals surface area contributed by atoms with Crippen molar-refractivity contribution < 1.29 is 9.53 Å². The second-order valence-electron chi connectivity index (χ2n) is 6.23. The first kappa shape index (κ1) is 13.3. The number of nitrogens with zero attached hydrogens (tertiary/aromatic N) is 1. The fraction of sp³-hybridized carbons (Fsp3) is 0.917. The summed E-state index contributed by atoms with van der Waals surface area (Å²) in [6.07, 6.45) is 0.738. The molecule has 4 nitrogen and oxygen atoms in total. The molecule has 2 N–H and O–H groups in total. The maximum Gasteiger partial charge on any atom is 0.410 e. The topological polar surface area (TPSA) is 55.6 Å². The predicted octanol–water partition coefficient (Wildman–Crippen LogP) is 1.98. The quantitative estimate of drug-likeness (QED) is 0.746. The highest BCUT2D eigenvalue weighted by atomic mass is 16.6. The summed E-state index contributed by atoms with van der Waals surface area (Å²) in [7, 11) is 0. The molecule has 1 fully saturated rings. The van der Waals surface area contributed by atoms with E-state index in [1.54, 1.807) is 4.90 Å². The molecule has 0 aromatic rings. The Hall–Kier alpha value is -0.770. The molecule has 1 heterocycles. The lowest BCUT2D eigenvalue weighted by molar-refractivity contribution is 0.0283. The highest BCUT2D eigenvalue weighted by molar-refractivity contribution is 5.68. The highest BCUT2D eigenvalue weighted by Crippen LogP contribution is 2.26. The van der Waals surface area contributed by atoms with Gasteiger partial charge in [-0.15, -0.1) is 0 Å². The van der Waals surface area contributed by atoms with E-state index in [4.69, 9.17) is 10.5 Å². The summed E-state index contributed by atoms with van der Waals surface area (Å²) in [5, 5.41) is 0. The van der Waals surface area contributed by atoms with Crippen LogP contribution in [0.15, 0.2) is 0 Å². The molecular weight excluding hydrogens is 204 g/mol. The molecule has 1 amide bonds. The minimum atomic E-state index is -0.423. The lowest BCUT2D eigenvalue weighted by Crippen LogP contribution is -2.43. The Morgan fingerprint density at radius 1 is 1.31 bits per heavy atom. The molecular formula is C12H24N2O2. The zero-order valence-electron chi connectivity index (χ0n) is 11.0. The van der Waals surface area contributed by atoms with Gasteiger partial charge in [0.15, 0.2) is 0 Å². The van der Waals surface area contributed by atoms with E-state index in [0.29, 0.717) is 12.5 Å². The second kappa shape index (κ2) is 4.24. The van der Waals surface area contributed by atoms with Crippen molar-refractivity contribution in [1.29, 1.82) is 0 Å². The maximum absolute atomic E-state index is 11.8. The van der Waals surface area contributed by atoms with Crippen LogP contribution in [0.4, 0.5) is 4.79 Å². The molecule has 0 aromatic heterocycles. The smallest absolute Gasteiger partial charge is 0.410 e. The van der Waals surface area contributed by atoms with Gasteiger partial charge < -0.3 is 15.4 Å². The normalized spacial score (nSPS) is 22.4. The Morgan fingerprint density at radius 3 is 2.25 bits per heavy atom. The molecule has 0 aromatic carbocycles. The number of hydrogen-bond acceptors (Lipinski definition) is 3. The molecule has 0 aliphatic carbocycles. The molecule has 0 spiro atoms. The van der Waals surface area contributed by atoms with Gasteiger partial charge >= 0.3 is 6.09 Å². The molecule has 16 heavy (non-hydrogen) atoms. The summed E-state index contributed by atoms with van der Waals surface area (Å²) in [5.41, 5.74) is 5.40. The van der Waals surface area contributed by atoms with Crippen LogP contribution < -0.4 is 5.73 Å². The standard InChI is InChI=1S/C12H24N2O2/c1-11(2,3)16-10(15)14-7-6-9(8-14)12(4,5)13/h9H,6-8,13H2,1-5H3/t9-/m1/s1. The van der Waals surface area contributed by atoms with E-state index in [2.05, 4.69) is 0 Å². The number of rotatable bonds is 1. The zero-order valence-corrected chi connectivity index (χ0v) is 11.0. The van der Waals surface area contributed by atoms with Gasteiger partial charge in [0.25, 0.3) is 0 Å². The molecule has 1 aliphatic heterocycles. The van der Waals surface area contributed by atoms with Crippen molar-refractivity contribution in [2.45, 2.75) is 52.2 Å². The minimum absolute atomic E-state index is 0.223. The van der Waals surface area contributed by atoms with Crippen LogP contribution in [0.3, 0.4) is 0 Å². The Morgan fingerprint density at radius 2 is 1.88 bits per heavy atom. The predicted molar refractivity (Wildman–Crippen MR) is 64.2 cm³/mol. The first-order chi connectivity index (χ1) is 7.09. The number of likely N-dealkylation sites (tertiary alicyclic amines) is 1. The van der Waals surface area contributed by atoms with E-state index in [0.717, 1.165) is 13.0 Å². The van der Waals surface area contributed by atoms with Gasteiger partial charge in [-0.1, -0.05) is 0 Å². The highest BCUT2D eigenvalue weighted by Gasteiger charge is 2.35. The molecule has 1 rings (SSSR count). The summed E-state index contributed by atoms with van der Waals surface area (Å²) >= 11 is 0. The van der Waals surface area contributed by atoms with E-state index >= 15 is 0 Å². The van der Waals surface area contributed by atoms with E-state index in [1.807, 2.05) is 34.6 Å². The maximum atomic E-state index is 11.8. The van der Waals surface area contributed by atoms with E-state index < -0.39 is 5.60 Å². The average molecular weight is 228 g/mol. The van der Waals surface area contributed by atoms with Crippen LogP contribution in [0.1, 0.15) is 41.0 Å². The summed E-state index contributed by atoms with van der Waals surface area (Å²) in [6.45, 7) is 11.1. The molecule has 0 saturated carbocycles. The average Bonchev–Trinajstić information content (AvgIpc) is 2.46. The van der Waals surface area contributed by atoms with Gasteiger partial charge in [0.2, 0.25) is 0 Å². The number of carbonyl (C=O) groups is 1. The van der Waals surface area contributed by atoms with Crippen molar-refractivity contribution in [3.8, 4) is 0 Å². The number of amides is 1. The van der Waals surface area contributed by atoms with Crippen LogP contribution >= 0.6 is 0 Å². The van der Waals surface area contributed by atoms with E-state index in [-0.39, 0.29) is 11.6 Å². The summed E-state index contributed by atoms with van der Waals surface area (Å²) < 4.78 is 5.33. The van der Waals surface area contributed by atoms with Gasteiger partial charge in [-0.2, -0.15) is 0 Å². The van der Waals surface area contributed by atoms with Gasteiger partial charge in [-0.3, -0.25) is 0 Å². The van der Waals surface area contributed by atoms with Crippen molar-refractivity contribution in [2.24, 2.45) is 11.7 Å².